The molecule has 0 fully saturated rings. The third-order valence-corrected chi connectivity index (χ3v) is 3.58. The van der Waals surface area contributed by atoms with E-state index in [0.717, 1.165) is 0 Å². The van der Waals surface area contributed by atoms with Crippen molar-refractivity contribution >= 4 is 46.5 Å². The molecule has 0 aliphatic carbocycles. The maximum absolute atomic E-state index is 10.7. The van der Waals surface area contributed by atoms with Crippen molar-refractivity contribution in [1.82, 2.24) is 4.98 Å². The van der Waals surface area contributed by atoms with E-state index in [2.05, 4.69) is 4.98 Å². The Balaban J connectivity index is 2.60. The van der Waals surface area contributed by atoms with Crippen LogP contribution in [0, 0.1) is 0 Å². The summed E-state index contributed by atoms with van der Waals surface area (Å²) in [5.41, 5.74) is 7.42. The van der Waals surface area contributed by atoms with Gasteiger partial charge in [-0.15, -0.1) is 0 Å². The number of nitrogens with zero attached hydrogens (tertiary/aromatic N) is 1. The third-order valence-electron chi connectivity index (χ3n) is 2.56. The maximum Gasteiger partial charge on any atom is 0.309 e. The molecule has 4 nitrogen and oxygen atoms in total. The van der Waals surface area contributed by atoms with Gasteiger partial charge in [-0.05, 0) is 24.3 Å². The zero-order valence-corrected chi connectivity index (χ0v) is 12.3. The highest BCUT2D eigenvalue weighted by Gasteiger charge is 2.14. The summed E-state index contributed by atoms with van der Waals surface area (Å²) in [7, 11) is 0. The van der Waals surface area contributed by atoms with Gasteiger partial charge < -0.3 is 10.8 Å². The summed E-state index contributed by atoms with van der Waals surface area (Å²) >= 11 is 18.0. The lowest BCUT2D eigenvalue weighted by Crippen LogP contribution is -2.04. The summed E-state index contributed by atoms with van der Waals surface area (Å²) in [6.07, 6.45) is -0.209. The summed E-state index contributed by atoms with van der Waals surface area (Å²) < 4.78 is 0. The standard InChI is InChI=1S/C13H9Cl3N2O2/c14-6-3-8(12(16)9(15)4-6)13-10(17)2-1-7(18-13)5-11(19)20/h1-4H,5,17H2,(H,19,20). The molecule has 1 aromatic carbocycles. The van der Waals surface area contributed by atoms with Gasteiger partial charge in [0.15, 0.2) is 0 Å². The van der Waals surface area contributed by atoms with Gasteiger partial charge in [-0.2, -0.15) is 0 Å². The van der Waals surface area contributed by atoms with Crippen molar-refractivity contribution in [2.24, 2.45) is 0 Å². The Bertz CT molecular complexity index is 690. The van der Waals surface area contributed by atoms with Crippen LogP contribution in [0.3, 0.4) is 0 Å². The molecule has 1 aromatic heterocycles. The molecule has 0 saturated heterocycles. The number of hydrogen-bond acceptors (Lipinski definition) is 3. The number of pyridine rings is 1. The summed E-state index contributed by atoms with van der Waals surface area (Å²) in [4.78, 5) is 15.0. The fourth-order valence-corrected chi connectivity index (χ4v) is 2.40. The molecule has 0 aliphatic heterocycles. The van der Waals surface area contributed by atoms with E-state index in [1.807, 2.05) is 0 Å². The minimum atomic E-state index is -0.983. The van der Waals surface area contributed by atoms with Crippen LogP contribution >= 0.6 is 34.8 Å². The molecule has 20 heavy (non-hydrogen) atoms. The number of carbonyl (C=O) groups is 1. The van der Waals surface area contributed by atoms with Crippen LogP contribution in [-0.4, -0.2) is 16.1 Å². The first kappa shape index (κ1) is 14.9. The Morgan fingerprint density at radius 3 is 2.60 bits per heavy atom. The zero-order chi connectivity index (χ0) is 14.9. The predicted octanol–water partition coefficient (Wildman–Crippen LogP) is 3.92. The van der Waals surface area contributed by atoms with Crippen molar-refractivity contribution in [3.63, 3.8) is 0 Å². The fraction of sp³-hybridized carbons (Fsp3) is 0.0769. The van der Waals surface area contributed by atoms with Crippen molar-refractivity contribution < 1.29 is 9.90 Å². The second kappa shape index (κ2) is 5.87. The molecule has 0 amide bonds. The van der Waals surface area contributed by atoms with Gasteiger partial charge in [-0.25, -0.2) is 4.98 Å². The Kier molecular flexibility index (Phi) is 4.38. The second-order valence-corrected chi connectivity index (χ2v) is 5.28. The molecule has 0 bridgehead atoms. The Morgan fingerprint density at radius 2 is 1.95 bits per heavy atom. The Hall–Kier alpha value is -1.49. The third kappa shape index (κ3) is 3.15. The van der Waals surface area contributed by atoms with Crippen LogP contribution in [0.4, 0.5) is 5.69 Å². The minimum absolute atomic E-state index is 0.209. The van der Waals surface area contributed by atoms with E-state index in [0.29, 0.717) is 27.7 Å². The number of nitrogens with two attached hydrogens (primary N) is 1. The van der Waals surface area contributed by atoms with Gasteiger partial charge in [-0.1, -0.05) is 34.8 Å². The SMILES string of the molecule is Nc1ccc(CC(=O)O)nc1-c1cc(Cl)cc(Cl)c1Cl. The van der Waals surface area contributed by atoms with Crippen molar-refractivity contribution in [1.29, 1.82) is 0 Å². The number of anilines is 1. The van der Waals surface area contributed by atoms with Crippen LogP contribution in [0.1, 0.15) is 5.69 Å². The van der Waals surface area contributed by atoms with Gasteiger partial charge in [-0.3, -0.25) is 4.79 Å². The van der Waals surface area contributed by atoms with E-state index in [1.165, 1.54) is 6.07 Å². The number of benzene rings is 1. The fourth-order valence-electron chi connectivity index (χ4n) is 1.71. The van der Waals surface area contributed by atoms with Crippen LogP contribution in [-0.2, 0) is 11.2 Å². The molecule has 2 aromatic rings. The topological polar surface area (TPSA) is 76.2 Å². The average Bonchev–Trinajstić information content (AvgIpc) is 2.35. The molecule has 0 saturated carbocycles. The number of halogens is 3. The lowest BCUT2D eigenvalue weighted by Gasteiger charge is -2.10. The van der Waals surface area contributed by atoms with E-state index in [1.54, 1.807) is 18.2 Å². The van der Waals surface area contributed by atoms with Crippen LogP contribution in [0.5, 0.6) is 0 Å². The summed E-state index contributed by atoms with van der Waals surface area (Å²) in [6.45, 7) is 0. The van der Waals surface area contributed by atoms with Gasteiger partial charge in [0.05, 0.1) is 33.5 Å². The zero-order valence-electron chi connectivity index (χ0n) is 10.0. The number of aromatic nitrogens is 1. The molecule has 3 N–H and O–H groups in total. The normalized spacial score (nSPS) is 10.6. The van der Waals surface area contributed by atoms with E-state index in [-0.39, 0.29) is 16.5 Å². The van der Waals surface area contributed by atoms with Gasteiger partial charge in [0.25, 0.3) is 0 Å². The van der Waals surface area contributed by atoms with Gasteiger partial charge in [0.2, 0.25) is 0 Å². The summed E-state index contributed by atoms with van der Waals surface area (Å²) in [5, 5.41) is 9.73. The van der Waals surface area contributed by atoms with E-state index in [4.69, 9.17) is 45.6 Å². The first-order valence-corrected chi connectivity index (χ1v) is 6.64. The average molecular weight is 332 g/mol. The van der Waals surface area contributed by atoms with Gasteiger partial charge in [0.1, 0.15) is 0 Å². The summed E-state index contributed by atoms with van der Waals surface area (Å²) in [5.74, 6) is -0.983. The molecule has 0 spiro atoms. The highest BCUT2D eigenvalue weighted by atomic mass is 35.5. The first-order chi connectivity index (χ1) is 9.38. The maximum atomic E-state index is 10.7. The molecule has 7 heteroatoms. The van der Waals surface area contributed by atoms with Gasteiger partial charge in [0, 0.05) is 10.6 Å². The lowest BCUT2D eigenvalue weighted by molar-refractivity contribution is -0.136. The van der Waals surface area contributed by atoms with Crippen molar-refractivity contribution in [2.75, 3.05) is 5.73 Å². The second-order valence-electron chi connectivity index (χ2n) is 4.06. The monoisotopic (exact) mass is 330 g/mol. The quantitative estimate of drug-likeness (QED) is 0.836. The van der Waals surface area contributed by atoms with Crippen LogP contribution in [0.2, 0.25) is 15.1 Å². The number of carboxylic acid groups (broad SMARTS) is 1. The molecule has 0 aliphatic rings. The van der Waals surface area contributed by atoms with Crippen molar-refractivity contribution in [3.05, 3.63) is 45.0 Å². The molecule has 1 heterocycles. The van der Waals surface area contributed by atoms with E-state index >= 15 is 0 Å². The first-order valence-electron chi connectivity index (χ1n) is 5.50. The Labute approximate surface area is 130 Å². The smallest absolute Gasteiger partial charge is 0.309 e. The summed E-state index contributed by atoms with van der Waals surface area (Å²) in [6, 6.07) is 6.21. The van der Waals surface area contributed by atoms with E-state index < -0.39 is 5.97 Å². The molecular weight excluding hydrogens is 323 g/mol. The highest BCUT2D eigenvalue weighted by Crippen LogP contribution is 2.37. The predicted molar refractivity (Wildman–Crippen MR) is 80.5 cm³/mol. The number of carboxylic acids is 1. The number of rotatable bonds is 3. The largest absolute Gasteiger partial charge is 0.481 e. The molecule has 0 unspecified atom stereocenters. The number of nitrogen functional groups attached to an aromatic ring is 1. The van der Waals surface area contributed by atoms with Crippen LogP contribution in [0.15, 0.2) is 24.3 Å². The highest BCUT2D eigenvalue weighted by molar-refractivity contribution is 6.45. The molecule has 0 atom stereocenters. The Morgan fingerprint density at radius 1 is 1.25 bits per heavy atom. The lowest BCUT2D eigenvalue weighted by atomic mass is 10.1. The molecule has 104 valence electrons. The molecule has 0 radical (unpaired) electrons. The molecular formula is C13H9Cl3N2O2. The minimum Gasteiger partial charge on any atom is -0.481 e. The van der Waals surface area contributed by atoms with Crippen molar-refractivity contribution in [2.45, 2.75) is 6.42 Å². The van der Waals surface area contributed by atoms with Gasteiger partial charge >= 0.3 is 5.97 Å². The van der Waals surface area contributed by atoms with Crippen molar-refractivity contribution in [3.8, 4) is 11.3 Å². The number of aliphatic carboxylic acids is 1. The van der Waals surface area contributed by atoms with Crippen LogP contribution < -0.4 is 5.73 Å². The van der Waals surface area contributed by atoms with Crippen LogP contribution in [0.25, 0.3) is 11.3 Å². The van der Waals surface area contributed by atoms with E-state index in [9.17, 15) is 4.79 Å². The number of hydrogen-bond donors (Lipinski definition) is 2. The molecule has 2 rings (SSSR count).